The largest absolute Gasteiger partial charge is 0.285 e. The fraction of sp³-hybridized carbons (Fsp3) is 0.714. The van der Waals surface area contributed by atoms with Gasteiger partial charge >= 0.3 is 0 Å². The number of carbonyl (C=O) groups is 2. The Kier molecular flexibility index (Phi) is 0.832. The molecule has 3 nitrogen and oxygen atoms in total. The molecule has 3 heteroatoms. The van der Waals surface area contributed by atoms with E-state index in [4.69, 9.17) is 0 Å². The third kappa shape index (κ3) is 0.426. The number of likely N-dealkylation sites (tertiary alicyclic amines) is 1. The number of fused-ring (bicyclic) bond motifs is 1. The van der Waals surface area contributed by atoms with Gasteiger partial charge in [0, 0.05) is 7.05 Å². The quantitative estimate of drug-likeness (QED) is 0.438. The normalized spacial score (nSPS) is 44.2. The first-order valence-electron chi connectivity index (χ1n) is 3.46. The van der Waals surface area contributed by atoms with Crippen molar-refractivity contribution in [1.29, 1.82) is 0 Å². The summed E-state index contributed by atoms with van der Waals surface area (Å²) in [6.45, 7) is 1.96. The molecule has 3 atom stereocenters. The van der Waals surface area contributed by atoms with Crippen molar-refractivity contribution in [2.24, 2.45) is 17.8 Å². The molecule has 0 spiro atoms. The third-order valence-electron chi connectivity index (χ3n) is 2.61. The van der Waals surface area contributed by atoms with Crippen molar-refractivity contribution >= 4 is 11.8 Å². The molecule has 1 heterocycles. The minimum absolute atomic E-state index is 0.0162. The minimum Gasteiger partial charge on any atom is -0.285 e. The zero-order chi connectivity index (χ0) is 7.46. The van der Waals surface area contributed by atoms with Crippen molar-refractivity contribution in [1.82, 2.24) is 4.90 Å². The van der Waals surface area contributed by atoms with Gasteiger partial charge in [-0.2, -0.15) is 0 Å². The van der Waals surface area contributed by atoms with Gasteiger partial charge in [0.05, 0.1) is 11.8 Å². The topological polar surface area (TPSA) is 37.4 Å². The molecule has 1 aliphatic carbocycles. The van der Waals surface area contributed by atoms with Crippen molar-refractivity contribution in [3.8, 4) is 0 Å². The van der Waals surface area contributed by atoms with Crippen LogP contribution in [-0.2, 0) is 9.59 Å². The average molecular weight is 139 g/mol. The molecule has 0 aromatic heterocycles. The van der Waals surface area contributed by atoms with Gasteiger partial charge in [-0.15, -0.1) is 0 Å². The van der Waals surface area contributed by atoms with Gasteiger partial charge < -0.3 is 0 Å². The number of hydrogen-bond acceptors (Lipinski definition) is 2. The van der Waals surface area contributed by atoms with Crippen molar-refractivity contribution in [2.75, 3.05) is 7.05 Å². The van der Waals surface area contributed by atoms with Crippen molar-refractivity contribution in [3.63, 3.8) is 0 Å². The van der Waals surface area contributed by atoms with Crippen LogP contribution in [0.25, 0.3) is 0 Å². The van der Waals surface area contributed by atoms with E-state index in [-0.39, 0.29) is 23.7 Å². The molecule has 2 amide bonds. The third-order valence-corrected chi connectivity index (χ3v) is 2.61. The summed E-state index contributed by atoms with van der Waals surface area (Å²) in [5.41, 5.74) is 0. The minimum atomic E-state index is 0.0162. The Balaban J connectivity index is 2.30. The summed E-state index contributed by atoms with van der Waals surface area (Å²) in [6, 6.07) is 0. The van der Waals surface area contributed by atoms with Crippen LogP contribution in [0.3, 0.4) is 0 Å². The van der Waals surface area contributed by atoms with Crippen LogP contribution < -0.4 is 0 Å². The number of hydrogen-bond donors (Lipinski definition) is 0. The summed E-state index contributed by atoms with van der Waals surface area (Å²) in [4.78, 5) is 23.4. The monoisotopic (exact) mass is 139 g/mol. The summed E-state index contributed by atoms with van der Waals surface area (Å²) in [6.07, 6.45) is 0. The first-order valence-corrected chi connectivity index (χ1v) is 3.46. The molecule has 2 fully saturated rings. The van der Waals surface area contributed by atoms with Crippen LogP contribution in [0.5, 0.6) is 0 Å². The predicted molar refractivity (Wildman–Crippen MR) is 33.9 cm³/mol. The van der Waals surface area contributed by atoms with Gasteiger partial charge in [-0.25, -0.2) is 0 Å². The summed E-state index contributed by atoms with van der Waals surface area (Å²) < 4.78 is 0. The Hall–Kier alpha value is -0.860. The molecular weight excluding hydrogens is 130 g/mol. The smallest absolute Gasteiger partial charge is 0.233 e. The molecule has 1 saturated heterocycles. The van der Waals surface area contributed by atoms with Gasteiger partial charge in [-0.3, -0.25) is 14.5 Å². The molecule has 1 saturated carbocycles. The second kappa shape index (κ2) is 1.41. The molecule has 10 heavy (non-hydrogen) atoms. The van der Waals surface area contributed by atoms with Crippen LogP contribution in [0.4, 0.5) is 0 Å². The molecule has 2 aliphatic rings. The summed E-state index contributed by atoms with van der Waals surface area (Å²) >= 11 is 0. The molecule has 0 bridgehead atoms. The van der Waals surface area contributed by atoms with E-state index in [1.807, 2.05) is 6.92 Å². The van der Waals surface area contributed by atoms with Gasteiger partial charge in [0.2, 0.25) is 11.8 Å². The highest BCUT2D eigenvalue weighted by atomic mass is 16.2. The van der Waals surface area contributed by atoms with E-state index in [9.17, 15) is 9.59 Å². The summed E-state index contributed by atoms with van der Waals surface area (Å²) in [5, 5.41) is 0. The van der Waals surface area contributed by atoms with Crippen molar-refractivity contribution < 1.29 is 9.59 Å². The van der Waals surface area contributed by atoms with E-state index in [0.717, 1.165) is 0 Å². The standard InChI is InChI=1S/C7H9NO2/c1-3-4-5(3)7(10)8(2)6(4)9/h3-5H,1-2H3/t3-,4-,5+. The van der Waals surface area contributed by atoms with Crippen LogP contribution >= 0.6 is 0 Å². The lowest BCUT2D eigenvalue weighted by atomic mass is 10.3. The maximum Gasteiger partial charge on any atom is 0.233 e. The molecule has 0 radical (unpaired) electrons. The van der Waals surface area contributed by atoms with Gasteiger partial charge in [0.1, 0.15) is 0 Å². The van der Waals surface area contributed by atoms with E-state index in [2.05, 4.69) is 0 Å². The highest BCUT2D eigenvalue weighted by Crippen LogP contribution is 2.52. The number of nitrogens with zero attached hydrogens (tertiary/aromatic N) is 1. The van der Waals surface area contributed by atoms with E-state index in [1.165, 1.54) is 4.90 Å². The van der Waals surface area contributed by atoms with Gasteiger partial charge in [0.25, 0.3) is 0 Å². The summed E-state index contributed by atoms with van der Waals surface area (Å²) in [7, 11) is 1.56. The number of carbonyl (C=O) groups excluding carboxylic acids is 2. The molecule has 54 valence electrons. The molecule has 0 unspecified atom stereocenters. The molecule has 2 rings (SSSR count). The first-order chi connectivity index (χ1) is 4.64. The zero-order valence-corrected chi connectivity index (χ0v) is 6.00. The maximum absolute atomic E-state index is 11.1. The Morgan fingerprint density at radius 2 is 1.60 bits per heavy atom. The predicted octanol–water partition coefficient (Wildman–Crippen LogP) is -0.133. The zero-order valence-electron chi connectivity index (χ0n) is 6.00. The van der Waals surface area contributed by atoms with Crippen LogP contribution in [0.2, 0.25) is 0 Å². The molecule has 1 aliphatic heterocycles. The lowest BCUT2D eigenvalue weighted by molar-refractivity contribution is -0.140. The van der Waals surface area contributed by atoms with E-state index >= 15 is 0 Å². The van der Waals surface area contributed by atoms with Gasteiger partial charge in [-0.05, 0) is 5.92 Å². The Morgan fingerprint density at radius 3 is 1.90 bits per heavy atom. The Bertz CT molecular complexity index is 202. The number of piperidine rings is 1. The summed E-state index contributed by atoms with van der Waals surface area (Å²) in [5.74, 6) is 0.427. The van der Waals surface area contributed by atoms with E-state index in [0.29, 0.717) is 5.92 Å². The Morgan fingerprint density at radius 1 is 1.20 bits per heavy atom. The number of rotatable bonds is 0. The molecular formula is C7H9NO2. The highest BCUT2D eigenvalue weighted by Gasteiger charge is 2.63. The number of imide groups is 1. The molecule has 0 aromatic rings. The SMILES string of the molecule is C[C@@H]1[C@H]2C(=O)N(C)C(=O)[C@@H]12. The van der Waals surface area contributed by atoms with E-state index in [1.54, 1.807) is 7.05 Å². The van der Waals surface area contributed by atoms with Crippen LogP contribution in [0.15, 0.2) is 0 Å². The molecule has 0 aromatic carbocycles. The second-order valence-corrected chi connectivity index (χ2v) is 3.15. The number of amides is 2. The average Bonchev–Trinajstić information content (AvgIpc) is 2.50. The van der Waals surface area contributed by atoms with Gasteiger partial charge in [0.15, 0.2) is 0 Å². The van der Waals surface area contributed by atoms with Gasteiger partial charge in [-0.1, -0.05) is 6.92 Å². The Labute approximate surface area is 59.0 Å². The highest BCUT2D eigenvalue weighted by molar-refractivity contribution is 6.09. The lowest BCUT2D eigenvalue weighted by Gasteiger charge is -2.09. The van der Waals surface area contributed by atoms with Crippen LogP contribution in [-0.4, -0.2) is 23.8 Å². The fourth-order valence-electron chi connectivity index (χ4n) is 1.78. The van der Waals surface area contributed by atoms with Crippen molar-refractivity contribution in [2.45, 2.75) is 6.92 Å². The maximum atomic E-state index is 11.1. The van der Waals surface area contributed by atoms with Crippen LogP contribution in [0.1, 0.15) is 6.92 Å². The van der Waals surface area contributed by atoms with E-state index < -0.39 is 0 Å². The lowest BCUT2D eigenvalue weighted by Crippen LogP contribution is -2.29. The van der Waals surface area contributed by atoms with Crippen LogP contribution in [0, 0.1) is 17.8 Å². The second-order valence-electron chi connectivity index (χ2n) is 3.15. The first kappa shape index (κ1) is 5.89. The molecule has 0 N–H and O–H groups in total. The van der Waals surface area contributed by atoms with Crippen molar-refractivity contribution in [3.05, 3.63) is 0 Å². The fourth-order valence-corrected chi connectivity index (χ4v) is 1.78.